The normalized spacial score (nSPS) is 25.1. The van der Waals surface area contributed by atoms with E-state index >= 15 is 0 Å². The lowest BCUT2D eigenvalue weighted by molar-refractivity contribution is -0.123. The van der Waals surface area contributed by atoms with Crippen molar-refractivity contribution in [3.8, 4) is 5.75 Å². The molecule has 0 aliphatic carbocycles. The summed E-state index contributed by atoms with van der Waals surface area (Å²) < 4.78 is 32.6. The lowest BCUT2D eigenvalue weighted by atomic mass is 9.91. The van der Waals surface area contributed by atoms with Gasteiger partial charge in [-0.3, -0.25) is 10.1 Å². The molecule has 2 atom stereocenters. The van der Waals surface area contributed by atoms with Gasteiger partial charge in [0.25, 0.3) is 5.91 Å². The minimum Gasteiger partial charge on any atom is -0.496 e. The molecule has 0 saturated carbocycles. The second-order valence-electron chi connectivity index (χ2n) is 6.56. The SMILES string of the molecule is COc1ccc(S(=O)(=O)N(C)C2CCNC2)cc1C1(C)NC(=O)NC1=O.Cl. The van der Waals surface area contributed by atoms with Gasteiger partial charge in [0.15, 0.2) is 0 Å². The smallest absolute Gasteiger partial charge is 0.322 e. The molecule has 150 valence electrons. The van der Waals surface area contributed by atoms with Gasteiger partial charge < -0.3 is 15.4 Å². The van der Waals surface area contributed by atoms with E-state index in [1.807, 2.05) is 0 Å². The highest BCUT2D eigenvalue weighted by Gasteiger charge is 2.46. The zero-order valence-corrected chi connectivity index (χ0v) is 16.9. The van der Waals surface area contributed by atoms with E-state index in [2.05, 4.69) is 16.0 Å². The van der Waals surface area contributed by atoms with Crippen molar-refractivity contribution in [1.29, 1.82) is 0 Å². The Labute approximate surface area is 164 Å². The Balaban J connectivity index is 0.00000261. The van der Waals surface area contributed by atoms with Gasteiger partial charge in [-0.1, -0.05) is 0 Å². The van der Waals surface area contributed by atoms with Crippen LogP contribution in [0.4, 0.5) is 4.79 Å². The summed E-state index contributed by atoms with van der Waals surface area (Å²) in [6, 6.07) is 3.55. The Hall–Kier alpha value is -1.88. The van der Waals surface area contributed by atoms with E-state index in [-0.39, 0.29) is 28.9 Å². The van der Waals surface area contributed by atoms with Crippen molar-refractivity contribution in [2.75, 3.05) is 27.2 Å². The van der Waals surface area contributed by atoms with Crippen LogP contribution in [0.25, 0.3) is 0 Å². The number of imide groups is 1. The highest BCUT2D eigenvalue weighted by molar-refractivity contribution is 7.89. The summed E-state index contributed by atoms with van der Waals surface area (Å²) >= 11 is 0. The Morgan fingerprint density at radius 3 is 2.52 bits per heavy atom. The topological polar surface area (TPSA) is 117 Å². The average molecular weight is 419 g/mol. The predicted molar refractivity (Wildman–Crippen MR) is 100 cm³/mol. The first-order chi connectivity index (χ1) is 12.2. The third kappa shape index (κ3) is 3.62. The molecular formula is C16H23ClN4O5S. The molecule has 0 bridgehead atoms. The predicted octanol–water partition coefficient (Wildman–Crippen LogP) is 0.154. The number of halogens is 1. The number of hydrogen-bond acceptors (Lipinski definition) is 6. The van der Waals surface area contributed by atoms with Crippen LogP contribution in [0.15, 0.2) is 23.1 Å². The summed E-state index contributed by atoms with van der Waals surface area (Å²) in [6.07, 6.45) is 0.731. The van der Waals surface area contributed by atoms with Crippen LogP contribution in [0.1, 0.15) is 18.9 Å². The van der Waals surface area contributed by atoms with Gasteiger partial charge in [0.05, 0.1) is 12.0 Å². The van der Waals surface area contributed by atoms with E-state index in [9.17, 15) is 18.0 Å². The molecule has 2 saturated heterocycles. The van der Waals surface area contributed by atoms with Crippen molar-refractivity contribution in [2.24, 2.45) is 0 Å². The zero-order chi connectivity index (χ0) is 19.1. The third-order valence-electron chi connectivity index (χ3n) is 4.98. The fourth-order valence-corrected chi connectivity index (χ4v) is 4.70. The summed E-state index contributed by atoms with van der Waals surface area (Å²) in [5.74, 6) is -0.252. The van der Waals surface area contributed by atoms with E-state index in [0.717, 1.165) is 13.0 Å². The van der Waals surface area contributed by atoms with Crippen LogP contribution in [0.3, 0.4) is 0 Å². The molecule has 0 spiro atoms. The average Bonchev–Trinajstić information content (AvgIpc) is 3.22. The number of rotatable bonds is 5. The fourth-order valence-electron chi connectivity index (χ4n) is 3.28. The second-order valence-corrected chi connectivity index (χ2v) is 8.56. The van der Waals surface area contributed by atoms with Gasteiger partial charge in [-0.15, -0.1) is 12.4 Å². The van der Waals surface area contributed by atoms with Crippen LogP contribution >= 0.6 is 12.4 Å². The molecule has 0 radical (unpaired) electrons. The molecule has 9 nitrogen and oxygen atoms in total. The maximum absolute atomic E-state index is 13.0. The van der Waals surface area contributed by atoms with Gasteiger partial charge in [-0.2, -0.15) is 4.31 Å². The van der Waals surface area contributed by atoms with Crippen molar-refractivity contribution >= 4 is 34.4 Å². The Bertz CT molecular complexity index is 856. The van der Waals surface area contributed by atoms with E-state index < -0.39 is 27.5 Å². The molecule has 2 aliphatic heterocycles. The Morgan fingerprint density at radius 2 is 2.00 bits per heavy atom. The number of nitrogens with one attached hydrogen (secondary N) is 3. The molecule has 2 fully saturated rings. The summed E-state index contributed by atoms with van der Waals surface area (Å²) in [5, 5.41) is 7.85. The maximum Gasteiger partial charge on any atom is 0.322 e. The molecular weight excluding hydrogens is 396 g/mol. The molecule has 11 heteroatoms. The lowest BCUT2D eigenvalue weighted by Gasteiger charge is -2.26. The quantitative estimate of drug-likeness (QED) is 0.586. The molecule has 1 aromatic carbocycles. The van der Waals surface area contributed by atoms with E-state index in [4.69, 9.17) is 4.74 Å². The number of amides is 3. The van der Waals surface area contributed by atoms with Crippen LogP contribution in [-0.4, -0.2) is 58.0 Å². The first kappa shape index (κ1) is 21.4. The maximum atomic E-state index is 13.0. The molecule has 3 amide bonds. The first-order valence-corrected chi connectivity index (χ1v) is 9.65. The number of sulfonamides is 1. The van der Waals surface area contributed by atoms with Crippen LogP contribution < -0.4 is 20.7 Å². The molecule has 0 aromatic heterocycles. The monoisotopic (exact) mass is 418 g/mol. The van der Waals surface area contributed by atoms with Crippen molar-refractivity contribution in [2.45, 2.75) is 29.8 Å². The third-order valence-corrected chi connectivity index (χ3v) is 6.89. The van der Waals surface area contributed by atoms with Gasteiger partial charge in [-0.25, -0.2) is 13.2 Å². The van der Waals surface area contributed by atoms with E-state index in [1.54, 1.807) is 7.05 Å². The van der Waals surface area contributed by atoms with Crippen LogP contribution in [0.2, 0.25) is 0 Å². The largest absolute Gasteiger partial charge is 0.496 e. The highest BCUT2D eigenvalue weighted by Crippen LogP contribution is 2.35. The summed E-state index contributed by atoms with van der Waals surface area (Å²) in [6.45, 7) is 2.86. The summed E-state index contributed by atoms with van der Waals surface area (Å²) in [7, 11) is -0.801. The number of hydrogen-bond donors (Lipinski definition) is 3. The standard InChI is InChI=1S/C16H22N4O5S.ClH/c1-16(14(21)18-15(22)19-16)12-8-11(4-5-13(12)25-3)26(23,24)20(2)10-6-7-17-9-10;/h4-5,8,10,17H,6-7,9H2,1-3H3,(H2,18,19,21,22);1H. The lowest BCUT2D eigenvalue weighted by Crippen LogP contribution is -2.41. The van der Waals surface area contributed by atoms with Crippen molar-refractivity contribution in [3.63, 3.8) is 0 Å². The van der Waals surface area contributed by atoms with Crippen LogP contribution in [0, 0.1) is 0 Å². The Kier molecular flexibility index (Phi) is 6.05. The number of benzene rings is 1. The summed E-state index contributed by atoms with van der Waals surface area (Å²) in [4.78, 5) is 23.9. The number of nitrogens with zero attached hydrogens (tertiary/aromatic N) is 1. The number of methoxy groups -OCH3 is 1. The van der Waals surface area contributed by atoms with Gasteiger partial charge in [-0.05, 0) is 38.1 Å². The van der Waals surface area contributed by atoms with Gasteiger partial charge in [0.1, 0.15) is 11.3 Å². The molecule has 3 N–H and O–H groups in total. The van der Waals surface area contributed by atoms with E-state index in [0.29, 0.717) is 12.3 Å². The van der Waals surface area contributed by atoms with Crippen LogP contribution in [-0.2, 0) is 20.4 Å². The number of carbonyl (C=O) groups excluding carboxylic acids is 2. The molecule has 27 heavy (non-hydrogen) atoms. The van der Waals surface area contributed by atoms with Crippen molar-refractivity contribution in [3.05, 3.63) is 23.8 Å². The molecule has 1 aromatic rings. The minimum atomic E-state index is -3.76. The Morgan fingerprint density at radius 1 is 1.30 bits per heavy atom. The second kappa shape index (κ2) is 7.63. The number of carbonyl (C=O) groups is 2. The number of urea groups is 1. The summed E-state index contributed by atoms with van der Waals surface area (Å²) in [5.41, 5.74) is -1.14. The molecule has 2 heterocycles. The van der Waals surface area contributed by atoms with Crippen LogP contribution in [0.5, 0.6) is 5.75 Å². The minimum absolute atomic E-state index is 0. The zero-order valence-electron chi connectivity index (χ0n) is 15.2. The van der Waals surface area contributed by atoms with Crippen molar-refractivity contribution in [1.82, 2.24) is 20.3 Å². The number of ether oxygens (including phenoxy) is 1. The molecule has 2 aliphatic rings. The van der Waals surface area contributed by atoms with Gasteiger partial charge in [0, 0.05) is 25.2 Å². The number of likely N-dealkylation sites (N-methyl/N-ethyl adjacent to an activating group) is 1. The van der Waals surface area contributed by atoms with Crippen molar-refractivity contribution < 1.29 is 22.7 Å². The van der Waals surface area contributed by atoms with Gasteiger partial charge in [0.2, 0.25) is 10.0 Å². The highest BCUT2D eigenvalue weighted by atomic mass is 35.5. The fraction of sp³-hybridized carbons (Fsp3) is 0.500. The first-order valence-electron chi connectivity index (χ1n) is 8.21. The van der Waals surface area contributed by atoms with E-state index in [1.165, 1.54) is 36.5 Å². The van der Waals surface area contributed by atoms with Gasteiger partial charge >= 0.3 is 6.03 Å². The molecule has 2 unspecified atom stereocenters. The molecule has 3 rings (SSSR count).